The topological polar surface area (TPSA) is 104 Å². The molecule has 0 spiro atoms. The van der Waals surface area contributed by atoms with E-state index < -0.39 is 43.9 Å². The molecule has 1 aliphatic heterocycles. The molecule has 192 valence electrons. The Labute approximate surface area is 206 Å². The molecule has 0 unspecified atom stereocenters. The third-order valence-electron chi connectivity index (χ3n) is 6.01. The predicted octanol–water partition coefficient (Wildman–Crippen LogP) is 2.95. The maximum absolute atomic E-state index is 13.5. The van der Waals surface area contributed by atoms with Crippen LogP contribution in [0.1, 0.15) is 26.3 Å². The summed E-state index contributed by atoms with van der Waals surface area (Å²) in [4.78, 5) is -0.110. The van der Waals surface area contributed by atoms with Crippen LogP contribution in [0.25, 0.3) is 6.08 Å². The number of hydrogen-bond acceptors (Lipinski definition) is 6. The number of allylic oxidation sites excluding steroid dienone is 1. The Morgan fingerprint density at radius 3 is 2.51 bits per heavy atom. The summed E-state index contributed by atoms with van der Waals surface area (Å²) in [6.45, 7) is 4.79. The monoisotopic (exact) mass is 526 g/mol. The van der Waals surface area contributed by atoms with Crippen LogP contribution in [0.4, 0.5) is 4.39 Å². The first-order chi connectivity index (χ1) is 16.4. The molecular formula is C24H31FN2O6S2. The number of halogens is 1. The second-order valence-corrected chi connectivity index (χ2v) is 12.6. The number of benzene rings is 2. The third-order valence-corrected chi connectivity index (χ3v) is 9.87. The zero-order chi connectivity index (χ0) is 26.0. The maximum atomic E-state index is 13.5. The third kappa shape index (κ3) is 5.75. The fourth-order valence-electron chi connectivity index (χ4n) is 3.89. The molecule has 0 aromatic heterocycles. The summed E-state index contributed by atoms with van der Waals surface area (Å²) in [5.41, 5.74) is 0.725. The minimum Gasteiger partial charge on any atom is -0.487 e. The number of hydrogen-bond donors (Lipinski definition) is 1. The van der Waals surface area contributed by atoms with E-state index in [1.54, 1.807) is 32.1 Å². The predicted molar refractivity (Wildman–Crippen MR) is 131 cm³/mol. The van der Waals surface area contributed by atoms with Gasteiger partial charge >= 0.3 is 0 Å². The van der Waals surface area contributed by atoms with Crippen LogP contribution in [0.15, 0.2) is 58.3 Å². The Bertz CT molecular complexity index is 1280. The fraction of sp³-hybridized carbons (Fsp3) is 0.417. The molecule has 0 aliphatic carbocycles. The Morgan fingerprint density at radius 2 is 1.91 bits per heavy atom. The van der Waals surface area contributed by atoms with E-state index in [4.69, 9.17) is 4.74 Å². The zero-order valence-corrected chi connectivity index (χ0v) is 21.8. The maximum Gasteiger partial charge on any atom is 0.247 e. The SMILES string of the molecule is CC=Cc1ccc2c(c1)O[C@H](CN(C)S(=O)(=O)c1ccc(F)cc1)[C@H](C)CN([C@H](C)CO)S2(=O)=O. The summed E-state index contributed by atoms with van der Waals surface area (Å²) in [5.74, 6) is -0.862. The van der Waals surface area contributed by atoms with Crippen molar-refractivity contribution in [2.45, 2.75) is 42.7 Å². The number of ether oxygens (including phenoxy) is 1. The Kier molecular flexibility index (Phi) is 8.38. The van der Waals surface area contributed by atoms with Gasteiger partial charge in [0.25, 0.3) is 0 Å². The minimum atomic E-state index is -3.99. The zero-order valence-electron chi connectivity index (χ0n) is 20.1. The molecule has 0 amide bonds. The van der Waals surface area contributed by atoms with E-state index >= 15 is 0 Å². The highest BCUT2D eigenvalue weighted by molar-refractivity contribution is 7.89. The smallest absolute Gasteiger partial charge is 0.247 e. The fourth-order valence-corrected chi connectivity index (χ4v) is 6.90. The van der Waals surface area contributed by atoms with E-state index in [0.29, 0.717) is 0 Å². The van der Waals surface area contributed by atoms with Crippen LogP contribution in [-0.4, -0.2) is 69.4 Å². The van der Waals surface area contributed by atoms with Crippen LogP contribution in [0.3, 0.4) is 0 Å². The molecule has 8 nitrogen and oxygen atoms in total. The minimum absolute atomic E-state index is 0.0230. The van der Waals surface area contributed by atoms with Gasteiger partial charge in [0.15, 0.2) is 0 Å². The average molecular weight is 527 g/mol. The molecule has 3 rings (SSSR count). The molecule has 0 saturated carbocycles. The van der Waals surface area contributed by atoms with Crippen molar-refractivity contribution in [1.29, 1.82) is 0 Å². The molecule has 3 atom stereocenters. The molecule has 11 heteroatoms. The number of nitrogens with zero attached hydrogens (tertiary/aromatic N) is 2. The highest BCUT2D eigenvalue weighted by atomic mass is 32.2. The van der Waals surface area contributed by atoms with Crippen molar-refractivity contribution in [2.75, 3.05) is 26.7 Å². The van der Waals surface area contributed by atoms with E-state index in [0.717, 1.165) is 22.0 Å². The van der Waals surface area contributed by atoms with Gasteiger partial charge in [0.05, 0.1) is 18.0 Å². The van der Waals surface area contributed by atoms with Gasteiger partial charge < -0.3 is 9.84 Å². The average Bonchev–Trinajstić information content (AvgIpc) is 2.81. The van der Waals surface area contributed by atoms with Crippen molar-refractivity contribution in [3.05, 3.63) is 59.9 Å². The summed E-state index contributed by atoms with van der Waals surface area (Å²) in [7, 11) is -6.54. The lowest BCUT2D eigenvalue weighted by Crippen LogP contribution is -2.50. The van der Waals surface area contributed by atoms with Gasteiger partial charge in [-0.15, -0.1) is 0 Å². The van der Waals surface area contributed by atoms with Crippen LogP contribution in [-0.2, 0) is 20.0 Å². The molecule has 1 heterocycles. The molecule has 0 bridgehead atoms. The van der Waals surface area contributed by atoms with E-state index in [1.165, 1.54) is 29.6 Å². The molecule has 1 aliphatic rings. The second kappa shape index (κ2) is 10.8. The van der Waals surface area contributed by atoms with E-state index in [1.807, 2.05) is 13.0 Å². The van der Waals surface area contributed by atoms with Crippen LogP contribution in [0, 0.1) is 11.7 Å². The number of sulfonamides is 2. The standard InChI is InChI=1S/C24H31FN2O6S2/c1-5-6-19-7-12-24-22(13-19)33-23(17(2)14-27(18(3)16-28)35(24,31)32)15-26(4)34(29,30)21-10-8-20(25)9-11-21/h5-13,17-18,23,28H,14-16H2,1-4H3/t17-,18-,23-/m1/s1. The first-order valence-corrected chi connectivity index (χ1v) is 14.1. The summed E-state index contributed by atoms with van der Waals surface area (Å²) < 4.78 is 74.9. The van der Waals surface area contributed by atoms with Gasteiger partial charge in [0.2, 0.25) is 20.0 Å². The number of aliphatic hydroxyl groups is 1. The lowest BCUT2D eigenvalue weighted by molar-refractivity contribution is 0.0904. The first kappa shape index (κ1) is 27.3. The van der Waals surface area contributed by atoms with Gasteiger partial charge in [-0.05, 0) is 55.8 Å². The molecule has 2 aromatic carbocycles. The van der Waals surface area contributed by atoms with Crippen molar-refractivity contribution in [3.8, 4) is 5.75 Å². The van der Waals surface area contributed by atoms with Gasteiger partial charge in [-0.3, -0.25) is 0 Å². The molecule has 2 aromatic rings. The van der Waals surface area contributed by atoms with Crippen LogP contribution in [0.2, 0.25) is 0 Å². The summed E-state index contributed by atoms with van der Waals surface area (Å²) in [5, 5.41) is 9.73. The lowest BCUT2D eigenvalue weighted by Gasteiger charge is -2.37. The van der Waals surface area contributed by atoms with E-state index in [9.17, 15) is 26.3 Å². The Hall–Kier alpha value is -2.31. The first-order valence-electron chi connectivity index (χ1n) is 11.2. The molecular weight excluding hydrogens is 495 g/mol. The number of fused-ring (bicyclic) bond motifs is 1. The van der Waals surface area contributed by atoms with Gasteiger partial charge in [-0.25, -0.2) is 21.2 Å². The van der Waals surface area contributed by atoms with E-state index in [2.05, 4.69) is 0 Å². The Morgan fingerprint density at radius 1 is 1.26 bits per heavy atom. The largest absolute Gasteiger partial charge is 0.487 e. The van der Waals surface area contributed by atoms with Gasteiger partial charge in [-0.2, -0.15) is 8.61 Å². The molecule has 1 N–H and O–H groups in total. The molecule has 0 radical (unpaired) electrons. The Balaban J connectivity index is 2.04. The van der Waals surface area contributed by atoms with E-state index in [-0.39, 0.29) is 35.2 Å². The summed E-state index contributed by atoms with van der Waals surface area (Å²) in [6.07, 6.45) is 2.90. The summed E-state index contributed by atoms with van der Waals surface area (Å²) in [6, 6.07) is 8.58. The summed E-state index contributed by atoms with van der Waals surface area (Å²) >= 11 is 0. The number of rotatable bonds is 7. The van der Waals surface area contributed by atoms with Crippen molar-refractivity contribution in [3.63, 3.8) is 0 Å². The number of likely N-dealkylation sites (N-methyl/N-ethyl adjacent to an activating group) is 1. The van der Waals surface area contributed by atoms with Crippen molar-refractivity contribution < 1.29 is 31.1 Å². The lowest BCUT2D eigenvalue weighted by atomic mass is 10.0. The molecule has 0 saturated heterocycles. The second-order valence-electron chi connectivity index (χ2n) is 8.69. The van der Waals surface area contributed by atoms with Gasteiger partial charge in [-0.1, -0.05) is 25.1 Å². The van der Waals surface area contributed by atoms with Gasteiger partial charge in [0, 0.05) is 25.6 Å². The van der Waals surface area contributed by atoms with Crippen LogP contribution < -0.4 is 4.74 Å². The molecule has 0 fully saturated rings. The number of aliphatic hydroxyl groups excluding tert-OH is 1. The van der Waals surface area contributed by atoms with Crippen molar-refractivity contribution in [1.82, 2.24) is 8.61 Å². The quantitative estimate of drug-likeness (QED) is 0.595. The van der Waals surface area contributed by atoms with Crippen molar-refractivity contribution in [2.24, 2.45) is 5.92 Å². The van der Waals surface area contributed by atoms with Crippen LogP contribution >= 0.6 is 0 Å². The molecule has 35 heavy (non-hydrogen) atoms. The highest BCUT2D eigenvalue weighted by Crippen LogP contribution is 2.34. The van der Waals surface area contributed by atoms with Gasteiger partial charge in [0.1, 0.15) is 22.6 Å². The van der Waals surface area contributed by atoms with Crippen molar-refractivity contribution >= 4 is 26.1 Å². The normalized spacial score (nSPS) is 21.8. The van der Waals surface area contributed by atoms with Crippen LogP contribution in [0.5, 0.6) is 5.75 Å². The highest BCUT2D eigenvalue weighted by Gasteiger charge is 2.39.